The van der Waals surface area contributed by atoms with E-state index in [0.717, 1.165) is 11.3 Å². The molecule has 1 heterocycles. The van der Waals surface area contributed by atoms with Gasteiger partial charge in [-0.2, -0.15) is 5.10 Å². The second-order valence-electron chi connectivity index (χ2n) is 5.33. The van der Waals surface area contributed by atoms with Gasteiger partial charge >= 0.3 is 6.03 Å². The van der Waals surface area contributed by atoms with E-state index in [1.54, 1.807) is 10.9 Å². The zero-order chi connectivity index (χ0) is 15.9. The lowest BCUT2D eigenvalue weighted by Crippen LogP contribution is -2.40. The third kappa shape index (κ3) is 5.12. The van der Waals surface area contributed by atoms with Gasteiger partial charge in [-0.3, -0.25) is 4.68 Å². The number of urea groups is 1. The van der Waals surface area contributed by atoms with Crippen LogP contribution in [0.25, 0.3) is 0 Å². The van der Waals surface area contributed by atoms with E-state index in [-0.39, 0.29) is 12.1 Å². The Morgan fingerprint density at radius 3 is 2.68 bits per heavy atom. The highest BCUT2D eigenvalue weighted by Crippen LogP contribution is 2.12. The summed E-state index contributed by atoms with van der Waals surface area (Å²) in [5.41, 5.74) is 2.15. The van der Waals surface area contributed by atoms with Crippen LogP contribution in [0.5, 0.6) is 5.75 Å². The van der Waals surface area contributed by atoms with Crippen molar-refractivity contribution in [2.24, 2.45) is 7.05 Å². The molecule has 0 aliphatic carbocycles. The topological polar surface area (TPSA) is 68.2 Å². The highest BCUT2D eigenvalue weighted by atomic mass is 16.5. The zero-order valence-corrected chi connectivity index (χ0v) is 13.2. The van der Waals surface area contributed by atoms with Gasteiger partial charge in [-0.1, -0.05) is 17.7 Å². The summed E-state index contributed by atoms with van der Waals surface area (Å²) in [4.78, 5) is 11.7. The van der Waals surface area contributed by atoms with Crippen LogP contribution in [0.4, 0.5) is 4.79 Å². The molecule has 1 atom stereocenters. The van der Waals surface area contributed by atoms with E-state index in [0.29, 0.717) is 13.1 Å². The standard InChI is InChI=1S/C16H22N4O2/c1-12-4-6-15(7-5-12)22-13(2)8-17-16(21)18-9-14-10-19-20(3)11-14/h4-7,10-11,13H,8-9H2,1-3H3,(H2,17,18,21). The molecule has 1 aromatic heterocycles. The minimum Gasteiger partial charge on any atom is -0.489 e. The number of ether oxygens (including phenoxy) is 1. The van der Waals surface area contributed by atoms with Crippen LogP contribution in [0, 0.1) is 6.92 Å². The number of carbonyl (C=O) groups is 1. The molecule has 0 aliphatic rings. The van der Waals surface area contributed by atoms with Gasteiger partial charge in [0.2, 0.25) is 0 Å². The molecule has 6 heteroatoms. The molecule has 0 fully saturated rings. The molecule has 1 aromatic carbocycles. The third-order valence-electron chi connectivity index (χ3n) is 3.12. The number of benzene rings is 1. The Labute approximate surface area is 130 Å². The molecule has 2 amide bonds. The Kier molecular flexibility index (Phi) is 5.41. The summed E-state index contributed by atoms with van der Waals surface area (Å²) in [5, 5.41) is 9.62. The monoisotopic (exact) mass is 302 g/mol. The summed E-state index contributed by atoms with van der Waals surface area (Å²) >= 11 is 0. The van der Waals surface area contributed by atoms with E-state index in [1.807, 2.05) is 51.4 Å². The smallest absolute Gasteiger partial charge is 0.315 e. The zero-order valence-electron chi connectivity index (χ0n) is 13.2. The van der Waals surface area contributed by atoms with Crippen LogP contribution in [-0.4, -0.2) is 28.5 Å². The van der Waals surface area contributed by atoms with E-state index in [1.165, 1.54) is 5.56 Å². The van der Waals surface area contributed by atoms with Gasteiger partial charge in [0.25, 0.3) is 0 Å². The first kappa shape index (κ1) is 15.9. The van der Waals surface area contributed by atoms with Crippen LogP contribution in [0.15, 0.2) is 36.7 Å². The van der Waals surface area contributed by atoms with Gasteiger partial charge in [-0.25, -0.2) is 4.79 Å². The lowest BCUT2D eigenvalue weighted by Gasteiger charge is -2.15. The van der Waals surface area contributed by atoms with Crippen molar-refractivity contribution >= 4 is 6.03 Å². The molecule has 2 N–H and O–H groups in total. The molecule has 0 bridgehead atoms. The number of nitrogens with zero attached hydrogens (tertiary/aromatic N) is 2. The Bertz CT molecular complexity index is 607. The first-order valence-electron chi connectivity index (χ1n) is 7.25. The Morgan fingerprint density at radius 2 is 2.05 bits per heavy atom. The molecule has 0 saturated heterocycles. The van der Waals surface area contributed by atoms with Crippen LogP contribution in [0.3, 0.4) is 0 Å². The summed E-state index contributed by atoms with van der Waals surface area (Å²) in [6, 6.07) is 7.62. The molecule has 2 rings (SSSR count). The third-order valence-corrected chi connectivity index (χ3v) is 3.12. The number of hydrogen-bond acceptors (Lipinski definition) is 3. The van der Waals surface area contributed by atoms with Gasteiger partial charge in [-0.15, -0.1) is 0 Å². The van der Waals surface area contributed by atoms with Crippen molar-refractivity contribution < 1.29 is 9.53 Å². The van der Waals surface area contributed by atoms with Crippen LogP contribution in [0.1, 0.15) is 18.1 Å². The number of rotatable bonds is 6. The van der Waals surface area contributed by atoms with Gasteiger partial charge in [0.15, 0.2) is 0 Å². The molecule has 0 saturated carbocycles. The average molecular weight is 302 g/mol. The van der Waals surface area contributed by atoms with E-state index >= 15 is 0 Å². The maximum atomic E-state index is 11.7. The van der Waals surface area contributed by atoms with Gasteiger partial charge < -0.3 is 15.4 Å². The van der Waals surface area contributed by atoms with Crippen LogP contribution in [0.2, 0.25) is 0 Å². The largest absolute Gasteiger partial charge is 0.489 e. The molecule has 22 heavy (non-hydrogen) atoms. The van der Waals surface area contributed by atoms with E-state index in [2.05, 4.69) is 15.7 Å². The Balaban J connectivity index is 1.68. The summed E-state index contributed by atoms with van der Waals surface area (Å²) < 4.78 is 7.43. The Hall–Kier alpha value is -2.50. The molecule has 0 aliphatic heterocycles. The summed E-state index contributed by atoms with van der Waals surface area (Å²) in [7, 11) is 1.84. The van der Waals surface area contributed by atoms with Gasteiger partial charge in [0, 0.05) is 25.4 Å². The fourth-order valence-corrected chi connectivity index (χ4v) is 1.94. The lowest BCUT2D eigenvalue weighted by molar-refractivity contribution is 0.207. The Morgan fingerprint density at radius 1 is 1.32 bits per heavy atom. The van der Waals surface area contributed by atoms with Crippen LogP contribution in [-0.2, 0) is 13.6 Å². The number of hydrogen-bond donors (Lipinski definition) is 2. The summed E-state index contributed by atoms with van der Waals surface area (Å²) in [6.45, 7) is 4.84. The van der Waals surface area contributed by atoms with Crippen molar-refractivity contribution in [1.29, 1.82) is 0 Å². The van der Waals surface area contributed by atoms with Gasteiger partial charge in [0.1, 0.15) is 11.9 Å². The highest BCUT2D eigenvalue weighted by molar-refractivity contribution is 5.73. The molecule has 6 nitrogen and oxygen atoms in total. The molecular formula is C16H22N4O2. The molecule has 118 valence electrons. The SMILES string of the molecule is Cc1ccc(OC(C)CNC(=O)NCc2cnn(C)c2)cc1. The quantitative estimate of drug-likeness (QED) is 0.857. The van der Waals surface area contributed by atoms with Crippen molar-refractivity contribution in [2.45, 2.75) is 26.5 Å². The van der Waals surface area contributed by atoms with Gasteiger partial charge in [-0.05, 0) is 26.0 Å². The predicted molar refractivity (Wildman–Crippen MR) is 84.7 cm³/mol. The van der Waals surface area contributed by atoms with Crippen molar-refractivity contribution in [3.05, 3.63) is 47.8 Å². The maximum absolute atomic E-state index is 11.7. The number of carbonyl (C=O) groups excluding carboxylic acids is 1. The number of amides is 2. The van der Waals surface area contributed by atoms with Crippen molar-refractivity contribution in [3.8, 4) is 5.75 Å². The normalized spacial score (nSPS) is 11.8. The fraction of sp³-hybridized carbons (Fsp3) is 0.375. The van der Waals surface area contributed by atoms with Crippen molar-refractivity contribution in [2.75, 3.05) is 6.54 Å². The minimum atomic E-state index is -0.219. The van der Waals surface area contributed by atoms with Crippen LogP contribution < -0.4 is 15.4 Å². The first-order valence-corrected chi connectivity index (χ1v) is 7.25. The maximum Gasteiger partial charge on any atom is 0.315 e. The van der Waals surface area contributed by atoms with Gasteiger partial charge in [0.05, 0.1) is 12.7 Å². The molecule has 0 radical (unpaired) electrons. The van der Waals surface area contributed by atoms with Crippen LogP contribution >= 0.6 is 0 Å². The highest BCUT2D eigenvalue weighted by Gasteiger charge is 2.07. The van der Waals surface area contributed by atoms with Crippen molar-refractivity contribution in [1.82, 2.24) is 20.4 Å². The predicted octanol–water partition coefficient (Wildman–Crippen LogP) is 2.00. The number of nitrogens with one attached hydrogen (secondary N) is 2. The molecule has 0 spiro atoms. The molecule has 1 unspecified atom stereocenters. The van der Waals surface area contributed by atoms with E-state index < -0.39 is 0 Å². The minimum absolute atomic E-state index is 0.105. The summed E-state index contributed by atoms with van der Waals surface area (Å²) in [5.74, 6) is 0.802. The molecular weight excluding hydrogens is 280 g/mol. The van der Waals surface area contributed by atoms with E-state index in [4.69, 9.17) is 4.74 Å². The van der Waals surface area contributed by atoms with E-state index in [9.17, 15) is 4.79 Å². The first-order chi connectivity index (χ1) is 10.5. The number of aryl methyl sites for hydroxylation is 2. The number of aromatic nitrogens is 2. The second-order valence-corrected chi connectivity index (χ2v) is 5.33. The fourth-order valence-electron chi connectivity index (χ4n) is 1.94. The average Bonchev–Trinajstić information content (AvgIpc) is 2.91. The second kappa shape index (κ2) is 7.49. The summed E-state index contributed by atoms with van der Waals surface area (Å²) in [6.07, 6.45) is 3.49. The molecule has 2 aromatic rings. The lowest BCUT2D eigenvalue weighted by atomic mass is 10.2. The van der Waals surface area contributed by atoms with Crippen molar-refractivity contribution in [3.63, 3.8) is 0 Å².